The smallest absolute Gasteiger partial charge is 0.123 e. The quantitative estimate of drug-likeness (QED) is 0.687. The molecule has 1 unspecified atom stereocenters. The summed E-state index contributed by atoms with van der Waals surface area (Å²) in [6, 6.07) is 7.63. The summed E-state index contributed by atoms with van der Waals surface area (Å²) in [4.78, 5) is 0. The summed E-state index contributed by atoms with van der Waals surface area (Å²) < 4.78 is 19.9. The van der Waals surface area contributed by atoms with Crippen LogP contribution in [0.2, 0.25) is 0 Å². The Kier molecular flexibility index (Phi) is 6.18. The van der Waals surface area contributed by atoms with Gasteiger partial charge in [0.1, 0.15) is 24.3 Å². The molecule has 2 rings (SSSR count). The first-order valence-corrected chi connectivity index (χ1v) is 6.98. The minimum absolute atomic E-state index is 0.178. The largest absolute Gasteiger partial charge is 0.491 e. The van der Waals surface area contributed by atoms with Crippen LogP contribution < -0.4 is 10.1 Å². The second-order valence-electron chi connectivity index (χ2n) is 4.75. The number of ether oxygens (including phenoxy) is 1. The Morgan fingerprint density at radius 1 is 1.33 bits per heavy atom. The summed E-state index contributed by atoms with van der Waals surface area (Å²) in [6.07, 6.45) is 4.02. The van der Waals surface area contributed by atoms with Crippen molar-refractivity contribution in [2.45, 2.75) is 19.1 Å². The van der Waals surface area contributed by atoms with E-state index in [2.05, 4.69) is 10.4 Å². The Morgan fingerprint density at radius 3 is 2.86 bits per heavy atom. The highest BCUT2D eigenvalue weighted by atomic mass is 19.1. The Morgan fingerprint density at radius 2 is 2.14 bits per heavy atom. The number of aromatic nitrogens is 2. The van der Waals surface area contributed by atoms with Gasteiger partial charge in [-0.05, 0) is 43.3 Å². The molecule has 1 atom stereocenters. The highest BCUT2D eigenvalue weighted by molar-refractivity contribution is 5.22. The SMILES string of the molecule is OC(CNCCCn1cccn1)COc1ccc(F)cc1. The average molecular weight is 293 g/mol. The lowest BCUT2D eigenvalue weighted by atomic mass is 10.3. The van der Waals surface area contributed by atoms with Crippen molar-refractivity contribution in [2.75, 3.05) is 19.7 Å². The van der Waals surface area contributed by atoms with Gasteiger partial charge in [0.25, 0.3) is 0 Å². The molecule has 1 heterocycles. The molecule has 0 saturated carbocycles. The van der Waals surface area contributed by atoms with Crippen molar-refractivity contribution in [2.24, 2.45) is 0 Å². The molecular formula is C15H20FN3O2. The number of rotatable bonds is 9. The average Bonchev–Trinajstić information content (AvgIpc) is 2.99. The Hall–Kier alpha value is -1.92. The fraction of sp³-hybridized carbons (Fsp3) is 0.400. The molecule has 2 aromatic rings. The van der Waals surface area contributed by atoms with E-state index in [1.807, 2.05) is 16.9 Å². The Bertz CT molecular complexity index is 502. The predicted molar refractivity (Wildman–Crippen MR) is 77.6 cm³/mol. The molecule has 0 saturated heterocycles. The second kappa shape index (κ2) is 8.39. The normalized spacial score (nSPS) is 12.3. The maximum atomic E-state index is 12.7. The van der Waals surface area contributed by atoms with E-state index in [0.29, 0.717) is 12.3 Å². The molecule has 1 aromatic heterocycles. The highest BCUT2D eigenvalue weighted by Crippen LogP contribution is 2.11. The molecule has 0 bridgehead atoms. The van der Waals surface area contributed by atoms with Crippen molar-refractivity contribution in [1.82, 2.24) is 15.1 Å². The third-order valence-corrected chi connectivity index (χ3v) is 2.94. The van der Waals surface area contributed by atoms with Crippen LogP contribution in [0.4, 0.5) is 4.39 Å². The van der Waals surface area contributed by atoms with E-state index in [1.165, 1.54) is 12.1 Å². The van der Waals surface area contributed by atoms with Crippen LogP contribution >= 0.6 is 0 Å². The molecule has 0 aliphatic heterocycles. The summed E-state index contributed by atoms with van der Waals surface area (Å²) in [5.74, 6) is 0.246. The lowest BCUT2D eigenvalue weighted by Gasteiger charge is -2.13. The van der Waals surface area contributed by atoms with E-state index in [1.54, 1.807) is 18.3 Å². The molecule has 0 fully saturated rings. The zero-order valence-corrected chi connectivity index (χ0v) is 11.8. The van der Waals surface area contributed by atoms with E-state index in [9.17, 15) is 9.50 Å². The van der Waals surface area contributed by atoms with Crippen molar-refractivity contribution in [1.29, 1.82) is 0 Å². The van der Waals surface area contributed by atoms with E-state index in [0.717, 1.165) is 19.5 Å². The molecule has 5 nitrogen and oxygen atoms in total. The van der Waals surface area contributed by atoms with Gasteiger partial charge < -0.3 is 15.2 Å². The molecule has 2 N–H and O–H groups in total. The molecule has 6 heteroatoms. The Balaban J connectivity index is 1.53. The second-order valence-corrected chi connectivity index (χ2v) is 4.75. The fourth-order valence-corrected chi connectivity index (χ4v) is 1.85. The zero-order valence-electron chi connectivity index (χ0n) is 11.8. The van der Waals surface area contributed by atoms with Crippen molar-refractivity contribution in [3.8, 4) is 5.75 Å². The standard InChI is InChI=1S/C15H20FN3O2/c16-13-3-5-15(6-4-13)21-12-14(20)11-17-7-1-9-19-10-2-8-18-19/h2-6,8,10,14,17,20H,1,7,9,11-12H2. The minimum Gasteiger partial charge on any atom is -0.491 e. The lowest BCUT2D eigenvalue weighted by Crippen LogP contribution is -2.32. The van der Waals surface area contributed by atoms with Crippen LogP contribution in [0.3, 0.4) is 0 Å². The van der Waals surface area contributed by atoms with Gasteiger partial charge in [0.05, 0.1) is 0 Å². The van der Waals surface area contributed by atoms with Gasteiger partial charge in [-0.3, -0.25) is 4.68 Å². The number of hydrogen-bond acceptors (Lipinski definition) is 4. The predicted octanol–water partition coefficient (Wildman–Crippen LogP) is 1.44. The lowest BCUT2D eigenvalue weighted by molar-refractivity contribution is 0.106. The van der Waals surface area contributed by atoms with Gasteiger partial charge in [-0.2, -0.15) is 5.10 Å². The topological polar surface area (TPSA) is 59.3 Å². The minimum atomic E-state index is -0.597. The van der Waals surface area contributed by atoms with Crippen LogP contribution in [0.5, 0.6) is 5.75 Å². The van der Waals surface area contributed by atoms with E-state index < -0.39 is 6.10 Å². The van der Waals surface area contributed by atoms with Gasteiger partial charge in [0.15, 0.2) is 0 Å². The van der Waals surface area contributed by atoms with Crippen molar-refractivity contribution in [3.05, 3.63) is 48.5 Å². The number of aryl methyl sites for hydroxylation is 1. The third-order valence-electron chi connectivity index (χ3n) is 2.94. The van der Waals surface area contributed by atoms with Gasteiger partial charge >= 0.3 is 0 Å². The number of benzene rings is 1. The van der Waals surface area contributed by atoms with Crippen LogP contribution in [0, 0.1) is 5.82 Å². The first kappa shape index (κ1) is 15.5. The van der Waals surface area contributed by atoms with Gasteiger partial charge in [-0.1, -0.05) is 0 Å². The van der Waals surface area contributed by atoms with Crippen LogP contribution in [0.1, 0.15) is 6.42 Å². The summed E-state index contributed by atoms with van der Waals surface area (Å²) in [7, 11) is 0. The van der Waals surface area contributed by atoms with Gasteiger partial charge in [0.2, 0.25) is 0 Å². The summed E-state index contributed by atoms with van der Waals surface area (Å²) >= 11 is 0. The van der Waals surface area contributed by atoms with E-state index >= 15 is 0 Å². The summed E-state index contributed by atoms with van der Waals surface area (Å²) in [5.41, 5.74) is 0. The molecule has 21 heavy (non-hydrogen) atoms. The number of halogens is 1. The Labute approximate surface area is 123 Å². The number of aliphatic hydroxyl groups is 1. The van der Waals surface area contributed by atoms with Crippen LogP contribution in [-0.4, -0.2) is 40.7 Å². The van der Waals surface area contributed by atoms with Crippen molar-refractivity contribution < 1.29 is 14.2 Å². The van der Waals surface area contributed by atoms with Crippen molar-refractivity contribution in [3.63, 3.8) is 0 Å². The molecule has 114 valence electrons. The maximum absolute atomic E-state index is 12.7. The fourth-order valence-electron chi connectivity index (χ4n) is 1.85. The highest BCUT2D eigenvalue weighted by Gasteiger charge is 2.04. The number of aliphatic hydroxyl groups excluding tert-OH is 1. The number of nitrogens with one attached hydrogen (secondary N) is 1. The van der Waals surface area contributed by atoms with Crippen molar-refractivity contribution >= 4 is 0 Å². The van der Waals surface area contributed by atoms with Crippen LogP contribution in [0.15, 0.2) is 42.7 Å². The molecule has 0 aliphatic carbocycles. The first-order chi connectivity index (χ1) is 10.2. The molecule has 0 radical (unpaired) electrons. The van der Waals surface area contributed by atoms with Gasteiger partial charge in [0, 0.05) is 25.5 Å². The summed E-state index contributed by atoms with van der Waals surface area (Å²) in [6.45, 7) is 2.29. The summed E-state index contributed by atoms with van der Waals surface area (Å²) in [5, 5.41) is 17.0. The maximum Gasteiger partial charge on any atom is 0.123 e. The van der Waals surface area contributed by atoms with Gasteiger partial charge in [-0.25, -0.2) is 4.39 Å². The van der Waals surface area contributed by atoms with Crippen LogP contribution in [-0.2, 0) is 6.54 Å². The monoisotopic (exact) mass is 293 g/mol. The number of nitrogens with zero attached hydrogens (tertiary/aromatic N) is 2. The van der Waals surface area contributed by atoms with E-state index in [-0.39, 0.29) is 12.4 Å². The first-order valence-electron chi connectivity index (χ1n) is 6.98. The molecular weight excluding hydrogens is 273 g/mol. The van der Waals surface area contributed by atoms with Gasteiger partial charge in [-0.15, -0.1) is 0 Å². The molecule has 1 aromatic carbocycles. The van der Waals surface area contributed by atoms with E-state index in [4.69, 9.17) is 4.74 Å². The molecule has 0 amide bonds. The number of hydrogen-bond donors (Lipinski definition) is 2. The zero-order chi connectivity index (χ0) is 14.9. The molecule has 0 spiro atoms. The molecule has 0 aliphatic rings. The van der Waals surface area contributed by atoms with Crippen LogP contribution in [0.25, 0.3) is 0 Å². The third kappa shape index (κ3) is 5.93.